The highest BCUT2D eigenvalue weighted by Crippen LogP contribution is 2.11. The van der Waals surface area contributed by atoms with Crippen LogP contribution in [0.3, 0.4) is 0 Å². The fourth-order valence-corrected chi connectivity index (χ4v) is 1.85. The van der Waals surface area contributed by atoms with E-state index in [1.54, 1.807) is 18.2 Å². The molecule has 0 bridgehead atoms. The number of nitro groups is 1. The molecule has 2 aromatic carbocycles. The van der Waals surface area contributed by atoms with Crippen molar-refractivity contribution >= 4 is 29.4 Å². The molecule has 8 heteroatoms. The van der Waals surface area contributed by atoms with Crippen LogP contribution in [0.5, 0.6) is 0 Å². The Morgan fingerprint density at radius 1 is 1.17 bits per heavy atom. The van der Waals surface area contributed by atoms with Gasteiger partial charge in [-0.05, 0) is 35.9 Å². The number of hydrazone groups is 1. The molecule has 0 aromatic heterocycles. The number of rotatable bonds is 5. The minimum absolute atomic E-state index is 0.0222. The van der Waals surface area contributed by atoms with E-state index in [-0.39, 0.29) is 11.6 Å². The smallest absolute Gasteiger partial charge is 0.271 e. The summed E-state index contributed by atoms with van der Waals surface area (Å²) in [7, 11) is 0. The first kappa shape index (κ1) is 16.8. The average Bonchev–Trinajstić information content (AvgIpc) is 2.55. The van der Waals surface area contributed by atoms with E-state index in [1.807, 2.05) is 0 Å². The molecule has 0 saturated carbocycles. The van der Waals surface area contributed by atoms with Crippen molar-refractivity contribution in [1.29, 1.82) is 0 Å². The first-order valence-electron chi connectivity index (χ1n) is 6.91. The molecular weight excluding hydrogens is 312 g/mol. The number of nitrogens with zero attached hydrogens (tertiary/aromatic N) is 2. The predicted octanol–water partition coefficient (Wildman–Crippen LogP) is 2.32. The van der Waals surface area contributed by atoms with Gasteiger partial charge in [0.15, 0.2) is 0 Å². The Kier molecular flexibility index (Phi) is 5.35. The number of amides is 2. The van der Waals surface area contributed by atoms with E-state index in [2.05, 4.69) is 15.8 Å². The van der Waals surface area contributed by atoms with Crippen LogP contribution in [-0.2, 0) is 4.79 Å². The molecule has 0 fully saturated rings. The van der Waals surface area contributed by atoms with Crippen LogP contribution in [0.1, 0.15) is 22.8 Å². The van der Waals surface area contributed by atoms with Crippen molar-refractivity contribution in [2.24, 2.45) is 5.10 Å². The van der Waals surface area contributed by atoms with E-state index < -0.39 is 10.8 Å². The van der Waals surface area contributed by atoms with Crippen molar-refractivity contribution < 1.29 is 14.5 Å². The Morgan fingerprint density at radius 2 is 1.88 bits per heavy atom. The van der Waals surface area contributed by atoms with Gasteiger partial charge in [0.1, 0.15) is 0 Å². The third-order valence-corrected chi connectivity index (χ3v) is 2.93. The lowest BCUT2D eigenvalue weighted by Crippen LogP contribution is -2.18. The molecular formula is C16H14N4O4. The molecule has 0 saturated heterocycles. The van der Waals surface area contributed by atoms with Crippen LogP contribution < -0.4 is 10.7 Å². The topological polar surface area (TPSA) is 114 Å². The summed E-state index contributed by atoms with van der Waals surface area (Å²) in [6, 6.07) is 12.1. The molecule has 0 aliphatic carbocycles. The molecule has 0 spiro atoms. The lowest BCUT2D eigenvalue weighted by molar-refractivity contribution is -0.384. The van der Waals surface area contributed by atoms with Crippen molar-refractivity contribution in [3.05, 3.63) is 69.8 Å². The molecule has 2 N–H and O–H groups in total. The standard InChI is InChI=1S/C16H14N4O4/c1-11(21)18-14-4-2-3-13(9-14)16(22)19-17-10-12-5-7-15(8-6-12)20(23)24/h2-10H,1H3,(H,18,21)(H,19,22). The summed E-state index contributed by atoms with van der Waals surface area (Å²) < 4.78 is 0. The molecule has 0 aliphatic rings. The summed E-state index contributed by atoms with van der Waals surface area (Å²) in [5, 5.41) is 16.9. The zero-order chi connectivity index (χ0) is 17.5. The Morgan fingerprint density at radius 3 is 2.50 bits per heavy atom. The van der Waals surface area contributed by atoms with Crippen molar-refractivity contribution in [3.63, 3.8) is 0 Å². The third kappa shape index (κ3) is 4.73. The van der Waals surface area contributed by atoms with Gasteiger partial charge in [-0.25, -0.2) is 5.43 Å². The van der Waals surface area contributed by atoms with E-state index in [0.717, 1.165) is 0 Å². The highest BCUT2D eigenvalue weighted by atomic mass is 16.6. The van der Waals surface area contributed by atoms with E-state index in [0.29, 0.717) is 16.8 Å². The summed E-state index contributed by atoms with van der Waals surface area (Å²) in [5.41, 5.74) is 3.78. The number of hydrogen-bond donors (Lipinski definition) is 2. The Bertz CT molecular complexity index is 800. The quantitative estimate of drug-likeness (QED) is 0.498. The average molecular weight is 326 g/mol. The molecule has 2 amide bonds. The van der Waals surface area contributed by atoms with Gasteiger partial charge in [-0.1, -0.05) is 6.07 Å². The van der Waals surface area contributed by atoms with Gasteiger partial charge in [0.2, 0.25) is 5.91 Å². The van der Waals surface area contributed by atoms with Crippen LogP contribution in [-0.4, -0.2) is 23.0 Å². The molecule has 0 heterocycles. The first-order chi connectivity index (χ1) is 11.5. The molecule has 24 heavy (non-hydrogen) atoms. The van der Waals surface area contributed by atoms with Crippen LogP contribution in [0.25, 0.3) is 0 Å². The largest absolute Gasteiger partial charge is 0.326 e. The first-order valence-corrected chi connectivity index (χ1v) is 6.91. The van der Waals surface area contributed by atoms with Crippen LogP contribution in [0, 0.1) is 10.1 Å². The Hall–Kier alpha value is -3.55. The van der Waals surface area contributed by atoms with Gasteiger partial charge < -0.3 is 5.32 Å². The van der Waals surface area contributed by atoms with Crippen molar-refractivity contribution in [1.82, 2.24) is 5.43 Å². The maximum atomic E-state index is 12.0. The van der Waals surface area contributed by atoms with Gasteiger partial charge in [0.25, 0.3) is 11.6 Å². The Labute approximate surface area is 137 Å². The molecule has 0 radical (unpaired) electrons. The minimum Gasteiger partial charge on any atom is -0.326 e. The second-order valence-electron chi connectivity index (χ2n) is 4.81. The molecule has 8 nitrogen and oxygen atoms in total. The van der Waals surface area contributed by atoms with E-state index in [4.69, 9.17) is 0 Å². The second kappa shape index (κ2) is 7.63. The van der Waals surface area contributed by atoms with Crippen LogP contribution in [0.2, 0.25) is 0 Å². The lowest BCUT2D eigenvalue weighted by Gasteiger charge is -2.04. The molecule has 2 aromatic rings. The number of nitro benzene ring substituents is 1. The molecule has 0 atom stereocenters. The van der Waals surface area contributed by atoms with Gasteiger partial charge in [0.05, 0.1) is 11.1 Å². The second-order valence-corrected chi connectivity index (χ2v) is 4.81. The van der Waals surface area contributed by atoms with E-state index in [1.165, 1.54) is 43.5 Å². The number of hydrogen-bond acceptors (Lipinski definition) is 5. The zero-order valence-electron chi connectivity index (χ0n) is 12.7. The minimum atomic E-state index is -0.495. The number of anilines is 1. The predicted molar refractivity (Wildman–Crippen MR) is 88.9 cm³/mol. The van der Waals surface area contributed by atoms with Gasteiger partial charge in [0, 0.05) is 30.3 Å². The Balaban J connectivity index is 1.99. The monoisotopic (exact) mass is 326 g/mol. The summed E-state index contributed by atoms with van der Waals surface area (Å²) in [5.74, 6) is -0.677. The molecule has 2 rings (SSSR count). The summed E-state index contributed by atoms with van der Waals surface area (Å²) in [6.45, 7) is 1.38. The fraction of sp³-hybridized carbons (Fsp3) is 0.0625. The van der Waals surface area contributed by atoms with Crippen molar-refractivity contribution in [3.8, 4) is 0 Å². The van der Waals surface area contributed by atoms with Crippen molar-refractivity contribution in [2.75, 3.05) is 5.32 Å². The third-order valence-electron chi connectivity index (χ3n) is 2.93. The lowest BCUT2D eigenvalue weighted by atomic mass is 10.2. The fourth-order valence-electron chi connectivity index (χ4n) is 1.85. The van der Waals surface area contributed by atoms with Crippen LogP contribution in [0.4, 0.5) is 11.4 Å². The van der Waals surface area contributed by atoms with Gasteiger partial charge in [-0.15, -0.1) is 0 Å². The summed E-state index contributed by atoms with van der Waals surface area (Å²) in [4.78, 5) is 33.1. The van der Waals surface area contributed by atoms with E-state index in [9.17, 15) is 19.7 Å². The van der Waals surface area contributed by atoms with Gasteiger partial charge in [-0.3, -0.25) is 19.7 Å². The van der Waals surface area contributed by atoms with Gasteiger partial charge >= 0.3 is 0 Å². The summed E-state index contributed by atoms with van der Waals surface area (Å²) in [6.07, 6.45) is 1.37. The highest BCUT2D eigenvalue weighted by Gasteiger charge is 2.06. The van der Waals surface area contributed by atoms with Crippen LogP contribution in [0.15, 0.2) is 53.6 Å². The molecule has 0 aliphatic heterocycles. The maximum Gasteiger partial charge on any atom is 0.271 e. The maximum absolute atomic E-state index is 12.0. The highest BCUT2D eigenvalue weighted by molar-refractivity contribution is 5.97. The number of carbonyl (C=O) groups excluding carboxylic acids is 2. The SMILES string of the molecule is CC(=O)Nc1cccc(C(=O)NN=Cc2ccc([N+](=O)[O-])cc2)c1. The summed E-state index contributed by atoms with van der Waals surface area (Å²) >= 11 is 0. The van der Waals surface area contributed by atoms with Crippen LogP contribution >= 0.6 is 0 Å². The number of non-ortho nitro benzene ring substituents is 1. The normalized spacial score (nSPS) is 10.4. The number of nitrogens with one attached hydrogen (secondary N) is 2. The number of benzene rings is 2. The number of carbonyl (C=O) groups is 2. The molecule has 122 valence electrons. The van der Waals surface area contributed by atoms with Crippen molar-refractivity contribution in [2.45, 2.75) is 6.92 Å². The van der Waals surface area contributed by atoms with Gasteiger partial charge in [-0.2, -0.15) is 5.10 Å². The zero-order valence-corrected chi connectivity index (χ0v) is 12.7. The molecule has 0 unspecified atom stereocenters. The van der Waals surface area contributed by atoms with E-state index >= 15 is 0 Å².